The van der Waals surface area contributed by atoms with Crippen LogP contribution in [0.3, 0.4) is 0 Å². The summed E-state index contributed by atoms with van der Waals surface area (Å²) in [7, 11) is 1.57. The van der Waals surface area contributed by atoms with Gasteiger partial charge in [0.2, 0.25) is 0 Å². The molecule has 154 valence electrons. The summed E-state index contributed by atoms with van der Waals surface area (Å²) in [5.74, 6) is 0.273. The Bertz CT molecular complexity index is 820. The van der Waals surface area contributed by atoms with E-state index in [1.54, 1.807) is 55.6 Å². The van der Waals surface area contributed by atoms with Crippen molar-refractivity contribution in [2.45, 2.75) is 32.6 Å². The molecule has 0 aliphatic rings. The average molecular weight is 414 g/mol. The van der Waals surface area contributed by atoms with E-state index >= 15 is 0 Å². The molecule has 0 aliphatic heterocycles. The van der Waals surface area contributed by atoms with E-state index in [0.29, 0.717) is 23.4 Å². The van der Waals surface area contributed by atoms with Gasteiger partial charge < -0.3 is 15.4 Å². The van der Waals surface area contributed by atoms with E-state index in [1.807, 2.05) is 0 Å². The summed E-state index contributed by atoms with van der Waals surface area (Å²) in [6.07, 6.45) is 4.60. The Kier molecular flexibility index (Phi) is 9.11. The number of hydrogen-bond donors (Lipinski definition) is 3. The Labute approximate surface area is 177 Å². The van der Waals surface area contributed by atoms with Gasteiger partial charge in [-0.2, -0.15) is 0 Å². The van der Waals surface area contributed by atoms with Gasteiger partial charge in [-0.1, -0.05) is 26.2 Å². The number of thiocarbonyl (C=S) groups is 1. The maximum absolute atomic E-state index is 12.3. The topological polar surface area (TPSA) is 79.5 Å². The van der Waals surface area contributed by atoms with Gasteiger partial charge in [-0.05, 0) is 67.2 Å². The molecular weight excluding hydrogens is 386 g/mol. The lowest BCUT2D eigenvalue weighted by Crippen LogP contribution is -2.34. The Hall–Kier alpha value is -2.93. The van der Waals surface area contributed by atoms with Crippen LogP contribution in [-0.2, 0) is 0 Å². The average Bonchev–Trinajstić information content (AvgIpc) is 2.74. The third-order valence-electron chi connectivity index (χ3n) is 4.24. The fourth-order valence-corrected chi connectivity index (χ4v) is 2.82. The van der Waals surface area contributed by atoms with Crippen LogP contribution in [-0.4, -0.2) is 30.6 Å². The normalized spacial score (nSPS) is 10.1. The number of unbranched alkanes of at least 4 members (excludes halogenated alkanes) is 3. The van der Waals surface area contributed by atoms with Crippen LogP contribution in [0.2, 0.25) is 0 Å². The summed E-state index contributed by atoms with van der Waals surface area (Å²) < 4.78 is 5.68. The third-order valence-corrected chi connectivity index (χ3v) is 4.45. The molecule has 0 spiro atoms. The molecule has 2 amide bonds. The van der Waals surface area contributed by atoms with Crippen LogP contribution in [0.15, 0.2) is 48.5 Å². The molecule has 2 rings (SSSR count). The highest BCUT2D eigenvalue weighted by Crippen LogP contribution is 2.14. The predicted molar refractivity (Wildman–Crippen MR) is 120 cm³/mol. The van der Waals surface area contributed by atoms with E-state index < -0.39 is 0 Å². The molecular formula is C22H27N3O3S. The second kappa shape index (κ2) is 11.8. The fraction of sp³-hybridized carbons (Fsp3) is 0.318. The molecule has 0 heterocycles. The first-order valence-electron chi connectivity index (χ1n) is 9.71. The summed E-state index contributed by atoms with van der Waals surface area (Å²) in [4.78, 5) is 23.9. The van der Waals surface area contributed by atoms with Gasteiger partial charge in [-0.25, -0.2) is 0 Å². The zero-order chi connectivity index (χ0) is 21.1. The van der Waals surface area contributed by atoms with Crippen molar-refractivity contribution < 1.29 is 14.3 Å². The van der Waals surface area contributed by atoms with E-state index in [-0.39, 0.29) is 16.9 Å². The number of carbonyl (C=O) groups is 2. The number of rotatable bonds is 9. The van der Waals surface area contributed by atoms with Gasteiger partial charge in [0.25, 0.3) is 11.8 Å². The lowest BCUT2D eigenvalue weighted by atomic mass is 10.2. The van der Waals surface area contributed by atoms with E-state index in [1.165, 1.54) is 12.8 Å². The van der Waals surface area contributed by atoms with Gasteiger partial charge in [-0.3, -0.25) is 14.9 Å². The number of benzene rings is 2. The van der Waals surface area contributed by atoms with Crippen molar-refractivity contribution in [3.05, 3.63) is 59.7 Å². The zero-order valence-corrected chi connectivity index (χ0v) is 17.6. The zero-order valence-electron chi connectivity index (χ0n) is 16.8. The highest BCUT2D eigenvalue weighted by molar-refractivity contribution is 7.80. The molecule has 0 aliphatic carbocycles. The molecule has 6 nitrogen and oxygen atoms in total. The summed E-state index contributed by atoms with van der Waals surface area (Å²) in [5, 5.41) is 8.30. The first-order valence-corrected chi connectivity index (χ1v) is 10.1. The maximum Gasteiger partial charge on any atom is 0.257 e. The summed E-state index contributed by atoms with van der Waals surface area (Å²) in [5.41, 5.74) is 1.71. The van der Waals surface area contributed by atoms with Crippen molar-refractivity contribution in [1.29, 1.82) is 0 Å². The number of carbonyl (C=O) groups excluding carboxylic acids is 2. The lowest BCUT2D eigenvalue weighted by Gasteiger charge is -2.11. The molecule has 0 aromatic heterocycles. The maximum atomic E-state index is 12.3. The minimum atomic E-state index is -0.307. The van der Waals surface area contributed by atoms with Crippen LogP contribution in [0.5, 0.6) is 5.75 Å². The molecule has 0 saturated carbocycles. The molecule has 2 aromatic rings. The minimum absolute atomic E-state index is 0.166. The first kappa shape index (κ1) is 22.4. The van der Waals surface area contributed by atoms with E-state index in [9.17, 15) is 9.59 Å². The van der Waals surface area contributed by atoms with Crippen molar-refractivity contribution in [2.24, 2.45) is 0 Å². The van der Waals surface area contributed by atoms with Crippen LogP contribution in [0.25, 0.3) is 0 Å². The molecule has 0 unspecified atom stereocenters. The molecule has 2 aromatic carbocycles. The molecule has 3 N–H and O–H groups in total. The predicted octanol–water partition coefficient (Wildman–Crippen LogP) is 4.13. The SMILES string of the molecule is CCCCCCOc1ccc(C(=O)NC(=S)Nc2ccc(C(=O)NC)cc2)cc1. The number of hydrogen-bond acceptors (Lipinski definition) is 4. The van der Waals surface area contributed by atoms with Crippen molar-refractivity contribution in [3.8, 4) is 5.75 Å². The fourth-order valence-electron chi connectivity index (χ4n) is 2.61. The number of ether oxygens (including phenoxy) is 1. The van der Waals surface area contributed by atoms with Gasteiger partial charge in [0.15, 0.2) is 5.11 Å². The second-order valence-corrected chi connectivity index (χ2v) is 6.91. The quantitative estimate of drug-likeness (QED) is 0.425. The van der Waals surface area contributed by atoms with Crippen molar-refractivity contribution in [1.82, 2.24) is 10.6 Å². The number of anilines is 1. The largest absolute Gasteiger partial charge is 0.494 e. The van der Waals surface area contributed by atoms with Gasteiger partial charge in [0.05, 0.1) is 6.61 Å². The second-order valence-electron chi connectivity index (χ2n) is 6.50. The van der Waals surface area contributed by atoms with E-state index in [4.69, 9.17) is 17.0 Å². The van der Waals surface area contributed by atoms with Crippen LogP contribution < -0.4 is 20.7 Å². The minimum Gasteiger partial charge on any atom is -0.494 e. The first-order chi connectivity index (χ1) is 14.0. The molecule has 0 atom stereocenters. The Morgan fingerprint density at radius 1 is 0.897 bits per heavy atom. The van der Waals surface area contributed by atoms with Crippen LogP contribution >= 0.6 is 12.2 Å². The monoisotopic (exact) mass is 413 g/mol. The van der Waals surface area contributed by atoms with Crippen LogP contribution in [0, 0.1) is 0 Å². The van der Waals surface area contributed by atoms with Crippen molar-refractivity contribution in [2.75, 3.05) is 19.0 Å². The molecule has 29 heavy (non-hydrogen) atoms. The summed E-state index contributed by atoms with van der Waals surface area (Å²) >= 11 is 5.19. The van der Waals surface area contributed by atoms with Gasteiger partial charge in [0.1, 0.15) is 5.75 Å². The molecule has 0 fully saturated rings. The Balaban J connectivity index is 1.81. The summed E-state index contributed by atoms with van der Waals surface area (Å²) in [6.45, 7) is 2.85. The smallest absolute Gasteiger partial charge is 0.257 e. The van der Waals surface area contributed by atoms with Gasteiger partial charge in [0, 0.05) is 23.9 Å². The lowest BCUT2D eigenvalue weighted by molar-refractivity contribution is 0.0959. The highest BCUT2D eigenvalue weighted by Gasteiger charge is 2.09. The third kappa shape index (κ3) is 7.54. The van der Waals surface area contributed by atoms with Gasteiger partial charge in [-0.15, -0.1) is 0 Å². The van der Waals surface area contributed by atoms with Crippen LogP contribution in [0.1, 0.15) is 53.3 Å². The molecule has 7 heteroatoms. The molecule has 0 bridgehead atoms. The van der Waals surface area contributed by atoms with Crippen molar-refractivity contribution in [3.63, 3.8) is 0 Å². The highest BCUT2D eigenvalue weighted by atomic mass is 32.1. The number of nitrogens with one attached hydrogen (secondary N) is 3. The Morgan fingerprint density at radius 3 is 2.14 bits per heavy atom. The Morgan fingerprint density at radius 2 is 1.52 bits per heavy atom. The van der Waals surface area contributed by atoms with Crippen molar-refractivity contribution >= 4 is 34.8 Å². The number of amides is 2. The summed E-state index contributed by atoms with van der Waals surface area (Å²) in [6, 6.07) is 13.8. The van der Waals surface area contributed by atoms with E-state index in [0.717, 1.165) is 18.6 Å². The van der Waals surface area contributed by atoms with Gasteiger partial charge >= 0.3 is 0 Å². The van der Waals surface area contributed by atoms with Crippen LogP contribution in [0.4, 0.5) is 5.69 Å². The molecule has 0 saturated heterocycles. The molecule has 0 radical (unpaired) electrons. The standard InChI is InChI=1S/C22H27N3O3S/c1-3-4-5-6-15-28-19-13-9-17(10-14-19)21(27)25-22(29)24-18-11-7-16(8-12-18)20(26)23-2/h7-14H,3-6,15H2,1-2H3,(H,23,26)(H2,24,25,27,29). The van der Waals surface area contributed by atoms with E-state index in [2.05, 4.69) is 22.9 Å².